The Labute approximate surface area is 121 Å². The minimum atomic E-state index is -0.303. The van der Waals surface area contributed by atoms with E-state index in [1.807, 2.05) is 19.9 Å². The zero-order valence-corrected chi connectivity index (χ0v) is 12.0. The zero-order chi connectivity index (χ0) is 14.5. The minimum absolute atomic E-state index is 0.0164. The maximum atomic E-state index is 11.9. The van der Waals surface area contributed by atoms with Crippen LogP contribution in [0.25, 0.3) is 0 Å². The molecular weight excluding hydrogens is 280 g/mol. The summed E-state index contributed by atoms with van der Waals surface area (Å²) in [6, 6.07) is 5.16. The van der Waals surface area contributed by atoms with Crippen molar-refractivity contribution in [2.24, 2.45) is 0 Å². The second-order valence-electron chi connectivity index (χ2n) is 4.42. The molecule has 0 saturated heterocycles. The number of hydrogen-bond donors (Lipinski definition) is 1. The van der Waals surface area contributed by atoms with Gasteiger partial charge in [0.2, 0.25) is 11.1 Å². The van der Waals surface area contributed by atoms with E-state index in [9.17, 15) is 4.79 Å². The Morgan fingerprint density at radius 3 is 2.95 bits per heavy atom. The van der Waals surface area contributed by atoms with Gasteiger partial charge in [-0.25, -0.2) is 4.98 Å². The molecule has 0 atom stereocenters. The van der Waals surface area contributed by atoms with Crippen LogP contribution in [-0.2, 0) is 6.54 Å². The lowest BCUT2D eigenvalue weighted by Crippen LogP contribution is -2.23. The smallest absolute Gasteiger partial charge is 0.256 e. The van der Waals surface area contributed by atoms with E-state index in [0.717, 1.165) is 5.56 Å². The second-order valence-corrected chi connectivity index (χ2v) is 4.77. The average Bonchev–Trinajstić information content (AvgIpc) is 2.83. The third-order valence-corrected chi connectivity index (χ3v) is 2.79. The van der Waals surface area contributed by atoms with Gasteiger partial charge < -0.3 is 14.5 Å². The SMILES string of the molecule is CC(C)Oc1ncccc1CNC(=O)c1ccoc1Cl. The van der Waals surface area contributed by atoms with E-state index in [2.05, 4.69) is 10.3 Å². The Morgan fingerprint density at radius 1 is 1.50 bits per heavy atom. The van der Waals surface area contributed by atoms with Crippen molar-refractivity contribution in [3.63, 3.8) is 0 Å². The van der Waals surface area contributed by atoms with Gasteiger partial charge in [0.1, 0.15) is 0 Å². The van der Waals surface area contributed by atoms with Gasteiger partial charge in [-0.05, 0) is 37.6 Å². The topological polar surface area (TPSA) is 64.4 Å². The molecule has 0 aliphatic heterocycles. The highest BCUT2D eigenvalue weighted by Crippen LogP contribution is 2.18. The molecule has 2 aromatic heterocycles. The van der Waals surface area contributed by atoms with E-state index in [-0.39, 0.29) is 17.2 Å². The molecule has 0 saturated carbocycles. The number of pyridine rings is 1. The van der Waals surface area contributed by atoms with Crippen molar-refractivity contribution >= 4 is 17.5 Å². The highest BCUT2D eigenvalue weighted by molar-refractivity contribution is 6.32. The van der Waals surface area contributed by atoms with Crippen molar-refractivity contribution in [2.75, 3.05) is 0 Å². The molecule has 0 bridgehead atoms. The van der Waals surface area contributed by atoms with E-state index >= 15 is 0 Å². The van der Waals surface area contributed by atoms with E-state index < -0.39 is 0 Å². The molecule has 0 aliphatic carbocycles. The molecule has 0 fully saturated rings. The van der Waals surface area contributed by atoms with Gasteiger partial charge in [0.25, 0.3) is 5.91 Å². The molecule has 5 nitrogen and oxygen atoms in total. The third kappa shape index (κ3) is 3.51. The molecule has 1 N–H and O–H groups in total. The fourth-order valence-corrected chi connectivity index (χ4v) is 1.81. The molecule has 0 aromatic carbocycles. The highest BCUT2D eigenvalue weighted by Gasteiger charge is 2.14. The number of furan rings is 1. The lowest BCUT2D eigenvalue weighted by Gasteiger charge is -2.13. The van der Waals surface area contributed by atoms with Crippen LogP contribution in [0.4, 0.5) is 0 Å². The van der Waals surface area contributed by atoms with Crippen LogP contribution in [0.15, 0.2) is 35.1 Å². The van der Waals surface area contributed by atoms with Gasteiger partial charge in [-0.3, -0.25) is 4.79 Å². The van der Waals surface area contributed by atoms with Crippen molar-refractivity contribution < 1.29 is 13.9 Å². The second kappa shape index (κ2) is 6.43. The molecule has 0 spiro atoms. The molecule has 20 heavy (non-hydrogen) atoms. The number of rotatable bonds is 5. The van der Waals surface area contributed by atoms with E-state index in [1.165, 1.54) is 12.3 Å². The molecule has 0 radical (unpaired) electrons. The standard InChI is InChI=1S/C14H15ClN2O3/c1-9(2)20-14-10(4-3-6-16-14)8-17-13(18)11-5-7-19-12(11)15/h3-7,9H,8H2,1-2H3,(H,17,18). The van der Waals surface area contributed by atoms with Crippen LogP contribution in [0.2, 0.25) is 5.22 Å². The molecule has 2 rings (SSSR count). The quantitative estimate of drug-likeness (QED) is 0.920. The van der Waals surface area contributed by atoms with E-state index in [0.29, 0.717) is 18.0 Å². The number of halogens is 1. The number of amides is 1. The molecule has 106 valence electrons. The first-order chi connectivity index (χ1) is 9.58. The van der Waals surface area contributed by atoms with Gasteiger partial charge in [-0.2, -0.15) is 0 Å². The predicted octanol–water partition coefficient (Wildman–Crippen LogP) is 3.05. The fraction of sp³-hybridized carbons (Fsp3) is 0.286. The van der Waals surface area contributed by atoms with E-state index in [4.69, 9.17) is 20.8 Å². The maximum absolute atomic E-state index is 11.9. The Balaban J connectivity index is 2.04. The summed E-state index contributed by atoms with van der Waals surface area (Å²) in [7, 11) is 0. The van der Waals surface area contributed by atoms with Crippen molar-refractivity contribution in [3.05, 3.63) is 47.0 Å². The number of ether oxygens (including phenoxy) is 1. The number of carbonyl (C=O) groups excluding carboxylic acids is 1. The summed E-state index contributed by atoms with van der Waals surface area (Å²) in [5.74, 6) is 0.212. The summed E-state index contributed by atoms with van der Waals surface area (Å²) in [4.78, 5) is 16.1. The van der Waals surface area contributed by atoms with Crippen molar-refractivity contribution in [1.82, 2.24) is 10.3 Å². The van der Waals surface area contributed by atoms with E-state index in [1.54, 1.807) is 12.3 Å². The number of carbonyl (C=O) groups is 1. The van der Waals surface area contributed by atoms with Gasteiger partial charge in [-0.1, -0.05) is 6.07 Å². The Morgan fingerprint density at radius 2 is 2.30 bits per heavy atom. The summed E-state index contributed by atoms with van der Waals surface area (Å²) in [6.07, 6.45) is 3.03. The molecular formula is C14H15ClN2O3. The molecule has 6 heteroatoms. The van der Waals surface area contributed by atoms with Crippen molar-refractivity contribution in [3.8, 4) is 5.88 Å². The van der Waals surface area contributed by atoms with Crippen LogP contribution in [0.3, 0.4) is 0 Å². The number of aromatic nitrogens is 1. The van der Waals surface area contributed by atoms with Gasteiger partial charge in [0.05, 0.1) is 17.9 Å². The summed E-state index contributed by atoms with van der Waals surface area (Å²) in [5, 5.41) is 2.83. The van der Waals surface area contributed by atoms with Gasteiger partial charge in [0.15, 0.2) is 0 Å². The Kier molecular flexibility index (Phi) is 4.63. The third-order valence-electron chi connectivity index (χ3n) is 2.50. The van der Waals surface area contributed by atoms with Crippen LogP contribution >= 0.6 is 11.6 Å². The monoisotopic (exact) mass is 294 g/mol. The van der Waals surface area contributed by atoms with Crippen LogP contribution in [0, 0.1) is 0 Å². The van der Waals surface area contributed by atoms with Crippen LogP contribution in [-0.4, -0.2) is 17.0 Å². The molecule has 0 unspecified atom stereocenters. The fourth-order valence-electron chi connectivity index (χ4n) is 1.61. The first kappa shape index (κ1) is 14.4. The summed E-state index contributed by atoms with van der Waals surface area (Å²) < 4.78 is 10.5. The normalized spacial score (nSPS) is 10.6. The first-order valence-corrected chi connectivity index (χ1v) is 6.57. The van der Waals surface area contributed by atoms with Crippen LogP contribution in [0.5, 0.6) is 5.88 Å². The highest BCUT2D eigenvalue weighted by atomic mass is 35.5. The molecule has 2 aromatic rings. The summed E-state index contributed by atoms with van der Waals surface area (Å²) in [6.45, 7) is 4.14. The maximum Gasteiger partial charge on any atom is 0.256 e. The average molecular weight is 295 g/mol. The minimum Gasteiger partial charge on any atom is -0.475 e. The van der Waals surface area contributed by atoms with Crippen LogP contribution in [0.1, 0.15) is 29.8 Å². The largest absolute Gasteiger partial charge is 0.475 e. The summed E-state index contributed by atoms with van der Waals surface area (Å²) >= 11 is 5.75. The van der Waals surface area contributed by atoms with Crippen LogP contribution < -0.4 is 10.1 Å². The lowest BCUT2D eigenvalue weighted by molar-refractivity contribution is 0.0950. The Hall–Kier alpha value is -2.01. The Bertz CT molecular complexity index is 596. The molecule has 1 amide bonds. The number of hydrogen-bond acceptors (Lipinski definition) is 4. The molecule has 2 heterocycles. The van der Waals surface area contributed by atoms with Crippen molar-refractivity contribution in [2.45, 2.75) is 26.5 Å². The number of nitrogens with one attached hydrogen (secondary N) is 1. The van der Waals surface area contributed by atoms with Crippen molar-refractivity contribution in [1.29, 1.82) is 0 Å². The zero-order valence-electron chi connectivity index (χ0n) is 11.2. The van der Waals surface area contributed by atoms with Gasteiger partial charge >= 0.3 is 0 Å². The lowest BCUT2D eigenvalue weighted by atomic mass is 10.2. The molecule has 0 aliphatic rings. The summed E-state index contributed by atoms with van der Waals surface area (Å²) in [5.41, 5.74) is 1.11. The first-order valence-electron chi connectivity index (χ1n) is 6.19. The van der Waals surface area contributed by atoms with Gasteiger partial charge in [-0.15, -0.1) is 0 Å². The predicted molar refractivity (Wildman–Crippen MR) is 74.9 cm³/mol. The van der Waals surface area contributed by atoms with Gasteiger partial charge in [0, 0.05) is 18.3 Å². The number of nitrogens with zero attached hydrogens (tertiary/aromatic N) is 1.